The van der Waals surface area contributed by atoms with Crippen LogP contribution in [0.15, 0.2) is 30.6 Å². The predicted molar refractivity (Wildman–Crippen MR) is 114 cm³/mol. The Morgan fingerprint density at radius 3 is 2.83 bits per heavy atom. The molecule has 1 N–H and O–H groups in total. The Bertz CT molecular complexity index is 1080. The lowest BCUT2D eigenvalue weighted by Gasteiger charge is -2.43. The standard InChI is InChI=1S/C22H28N6O2/c1-14(2)27-8-7-17(27)13-30-19-12-23-26(3)21(19)16-6-9-28-18(10-16)11-20(25-28)24-22(29)15-4-5-15/h6,9-12,14-15,17H,4-5,7-8,13H2,1-3H3,(H,24,25,29)/t17-/m0/s1. The fourth-order valence-corrected chi connectivity index (χ4v) is 4.13. The van der Waals surface area contributed by atoms with Gasteiger partial charge >= 0.3 is 0 Å². The molecule has 1 aliphatic carbocycles. The van der Waals surface area contributed by atoms with Crippen molar-refractivity contribution in [3.63, 3.8) is 0 Å². The highest BCUT2D eigenvalue weighted by atomic mass is 16.5. The number of anilines is 1. The van der Waals surface area contributed by atoms with E-state index in [9.17, 15) is 4.79 Å². The van der Waals surface area contributed by atoms with Crippen LogP contribution in [0.4, 0.5) is 5.82 Å². The summed E-state index contributed by atoms with van der Waals surface area (Å²) in [5.74, 6) is 1.60. The first-order chi connectivity index (χ1) is 14.5. The topological polar surface area (TPSA) is 76.7 Å². The van der Waals surface area contributed by atoms with E-state index in [0.717, 1.165) is 41.9 Å². The summed E-state index contributed by atoms with van der Waals surface area (Å²) in [5, 5.41) is 11.8. The Hall–Kier alpha value is -2.87. The van der Waals surface area contributed by atoms with Crippen molar-refractivity contribution in [3.8, 4) is 17.0 Å². The SMILES string of the molecule is CC(C)N1CC[C@H]1COc1cnn(C)c1-c1ccn2nc(NC(=O)C3CC3)cc2c1. The Kier molecular flexibility index (Phi) is 4.73. The van der Waals surface area contributed by atoms with Crippen molar-refractivity contribution in [1.29, 1.82) is 0 Å². The third kappa shape index (κ3) is 3.56. The van der Waals surface area contributed by atoms with E-state index in [1.54, 1.807) is 10.7 Å². The summed E-state index contributed by atoms with van der Waals surface area (Å²) < 4.78 is 9.81. The first-order valence-electron chi connectivity index (χ1n) is 10.7. The number of hydrogen-bond donors (Lipinski definition) is 1. The number of carbonyl (C=O) groups is 1. The Balaban J connectivity index is 1.35. The Morgan fingerprint density at radius 2 is 2.13 bits per heavy atom. The molecule has 158 valence electrons. The van der Waals surface area contributed by atoms with E-state index in [-0.39, 0.29) is 11.8 Å². The molecule has 3 aromatic heterocycles. The number of aryl methyl sites for hydroxylation is 1. The molecule has 0 aromatic carbocycles. The molecule has 0 radical (unpaired) electrons. The summed E-state index contributed by atoms with van der Waals surface area (Å²) >= 11 is 0. The van der Waals surface area contributed by atoms with Crippen molar-refractivity contribution in [2.45, 2.75) is 45.2 Å². The largest absolute Gasteiger partial charge is 0.488 e. The van der Waals surface area contributed by atoms with Crippen LogP contribution in [-0.2, 0) is 11.8 Å². The summed E-state index contributed by atoms with van der Waals surface area (Å²) in [7, 11) is 1.92. The first kappa shape index (κ1) is 19.1. The lowest BCUT2D eigenvalue weighted by atomic mass is 10.0. The minimum Gasteiger partial charge on any atom is -0.488 e. The summed E-state index contributed by atoms with van der Waals surface area (Å²) in [6.07, 6.45) is 6.81. The van der Waals surface area contributed by atoms with Crippen LogP contribution >= 0.6 is 0 Å². The monoisotopic (exact) mass is 408 g/mol. The van der Waals surface area contributed by atoms with Crippen molar-refractivity contribution >= 4 is 17.2 Å². The zero-order chi connectivity index (χ0) is 20.8. The molecule has 2 aliphatic rings. The number of rotatable bonds is 7. The minimum atomic E-state index is 0.0624. The van der Waals surface area contributed by atoms with E-state index in [4.69, 9.17) is 4.74 Å². The molecule has 4 heterocycles. The van der Waals surface area contributed by atoms with Gasteiger partial charge in [0.1, 0.15) is 12.3 Å². The third-order valence-corrected chi connectivity index (χ3v) is 6.13. The molecule has 3 aromatic rings. The van der Waals surface area contributed by atoms with Crippen LogP contribution in [0, 0.1) is 5.92 Å². The normalized spacial score (nSPS) is 19.3. The lowest BCUT2D eigenvalue weighted by molar-refractivity contribution is -0.117. The molecule has 1 saturated carbocycles. The summed E-state index contributed by atoms with van der Waals surface area (Å²) in [4.78, 5) is 14.5. The molecule has 30 heavy (non-hydrogen) atoms. The smallest absolute Gasteiger partial charge is 0.228 e. The van der Waals surface area contributed by atoms with Crippen LogP contribution < -0.4 is 10.1 Å². The summed E-state index contributed by atoms with van der Waals surface area (Å²) in [6, 6.07) is 6.95. The van der Waals surface area contributed by atoms with Gasteiger partial charge in [-0.05, 0) is 45.2 Å². The molecule has 1 saturated heterocycles. The van der Waals surface area contributed by atoms with Crippen molar-refractivity contribution < 1.29 is 9.53 Å². The van der Waals surface area contributed by atoms with Crippen molar-refractivity contribution in [1.82, 2.24) is 24.3 Å². The van der Waals surface area contributed by atoms with E-state index >= 15 is 0 Å². The fraction of sp³-hybridized carbons (Fsp3) is 0.500. The highest BCUT2D eigenvalue weighted by Gasteiger charge is 2.31. The van der Waals surface area contributed by atoms with Gasteiger partial charge in [-0.3, -0.25) is 14.4 Å². The molecular weight excluding hydrogens is 380 g/mol. The summed E-state index contributed by atoms with van der Waals surface area (Å²) in [5.41, 5.74) is 2.86. The van der Waals surface area contributed by atoms with Crippen LogP contribution in [0.1, 0.15) is 33.1 Å². The quantitative estimate of drug-likeness (QED) is 0.650. The summed E-state index contributed by atoms with van der Waals surface area (Å²) in [6.45, 7) is 6.26. The number of pyridine rings is 1. The number of aromatic nitrogens is 4. The highest BCUT2D eigenvalue weighted by Crippen LogP contribution is 2.32. The second-order valence-corrected chi connectivity index (χ2v) is 8.64. The number of nitrogens with one attached hydrogen (secondary N) is 1. The molecule has 1 atom stereocenters. The van der Waals surface area contributed by atoms with Gasteiger partial charge in [0, 0.05) is 49.4 Å². The van der Waals surface area contributed by atoms with E-state index in [0.29, 0.717) is 24.5 Å². The van der Waals surface area contributed by atoms with E-state index in [2.05, 4.69) is 34.3 Å². The number of fused-ring (bicyclic) bond motifs is 1. The van der Waals surface area contributed by atoms with Gasteiger partial charge in [0.05, 0.1) is 11.7 Å². The Morgan fingerprint density at radius 1 is 1.30 bits per heavy atom. The van der Waals surface area contributed by atoms with Gasteiger partial charge < -0.3 is 10.1 Å². The van der Waals surface area contributed by atoms with Crippen LogP contribution in [0.5, 0.6) is 5.75 Å². The lowest BCUT2D eigenvalue weighted by Crippen LogP contribution is -2.54. The van der Waals surface area contributed by atoms with Crippen molar-refractivity contribution in [3.05, 3.63) is 30.6 Å². The molecule has 0 unspecified atom stereocenters. The number of hydrogen-bond acceptors (Lipinski definition) is 5. The van der Waals surface area contributed by atoms with E-state index in [1.165, 1.54) is 6.42 Å². The maximum absolute atomic E-state index is 12.0. The number of carbonyl (C=O) groups excluding carboxylic acids is 1. The third-order valence-electron chi connectivity index (χ3n) is 6.13. The average Bonchev–Trinajstić information content (AvgIpc) is 3.36. The van der Waals surface area contributed by atoms with Gasteiger partial charge in [0.25, 0.3) is 0 Å². The van der Waals surface area contributed by atoms with Gasteiger partial charge in [-0.2, -0.15) is 10.2 Å². The number of ether oxygens (including phenoxy) is 1. The van der Waals surface area contributed by atoms with Crippen LogP contribution in [0.3, 0.4) is 0 Å². The predicted octanol–water partition coefficient (Wildman–Crippen LogP) is 2.94. The zero-order valence-corrected chi connectivity index (χ0v) is 17.7. The first-order valence-corrected chi connectivity index (χ1v) is 10.7. The number of amides is 1. The van der Waals surface area contributed by atoms with Gasteiger partial charge in [-0.1, -0.05) is 0 Å². The van der Waals surface area contributed by atoms with Crippen LogP contribution in [0.25, 0.3) is 16.8 Å². The van der Waals surface area contributed by atoms with Crippen LogP contribution in [-0.4, -0.2) is 55.4 Å². The average molecular weight is 409 g/mol. The molecular formula is C22H28N6O2. The molecule has 5 rings (SSSR count). The highest BCUT2D eigenvalue weighted by molar-refractivity contribution is 5.93. The number of nitrogens with zero attached hydrogens (tertiary/aromatic N) is 5. The minimum absolute atomic E-state index is 0.0624. The van der Waals surface area contributed by atoms with Crippen LogP contribution in [0.2, 0.25) is 0 Å². The maximum Gasteiger partial charge on any atom is 0.228 e. The van der Waals surface area contributed by atoms with E-state index < -0.39 is 0 Å². The molecule has 1 amide bonds. The van der Waals surface area contributed by atoms with Gasteiger partial charge in [-0.25, -0.2) is 4.52 Å². The molecule has 8 nitrogen and oxygen atoms in total. The second kappa shape index (κ2) is 7.43. The van der Waals surface area contributed by atoms with Gasteiger partial charge in [0.15, 0.2) is 11.6 Å². The zero-order valence-electron chi connectivity index (χ0n) is 17.7. The van der Waals surface area contributed by atoms with Gasteiger partial charge in [-0.15, -0.1) is 0 Å². The fourth-order valence-electron chi connectivity index (χ4n) is 4.13. The Labute approximate surface area is 175 Å². The maximum atomic E-state index is 12.0. The molecule has 0 spiro atoms. The van der Waals surface area contributed by atoms with Crippen molar-refractivity contribution in [2.24, 2.45) is 13.0 Å². The molecule has 0 bridgehead atoms. The molecule has 2 fully saturated rings. The van der Waals surface area contributed by atoms with Gasteiger partial charge in [0.2, 0.25) is 5.91 Å². The van der Waals surface area contributed by atoms with Crippen molar-refractivity contribution in [2.75, 3.05) is 18.5 Å². The number of likely N-dealkylation sites (tertiary alicyclic amines) is 1. The molecule has 8 heteroatoms. The second-order valence-electron chi connectivity index (χ2n) is 8.64. The molecule has 1 aliphatic heterocycles. The van der Waals surface area contributed by atoms with E-state index in [1.807, 2.05) is 36.1 Å².